The predicted molar refractivity (Wildman–Crippen MR) is 73.3 cm³/mol. The van der Waals surface area contributed by atoms with Gasteiger partial charge in [-0.1, -0.05) is 49.7 Å². The SMILES string of the molecule is CC.CNCCCC(=O)O.Cc1ccccc1. The summed E-state index contributed by atoms with van der Waals surface area (Å²) in [6, 6.07) is 10.3. The first-order valence-corrected chi connectivity index (χ1v) is 6.05. The maximum atomic E-state index is 9.85. The Labute approximate surface area is 105 Å². The van der Waals surface area contributed by atoms with Crippen molar-refractivity contribution < 1.29 is 9.90 Å². The molecule has 0 bridgehead atoms. The van der Waals surface area contributed by atoms with Crippen LogP contribution in [0, 0.1) is 6.92 Å². The van der Waals surface area contributed by atoms with Gasteiger partial charge >= 0.3 is 5.97 Å². The molecule has 17 heavy (non-hydrogen) atoms. The third-order valence-corrected chi connectivity index (χ3v) is 1.76. The van der Waals surface area contributed by atoms with Gasteiger partial charge in [0.15, 0.2) is 0 Å². The van der Waals surface area contributed by atoms with E-state index in [1.807, 2.05) is 39.1 Å². The van der Waals surface area contributed by atoms with Crippen molar-refractivity contribution in [2.45, 2.75) is 33.6 Å². The molecule has 0 spiro atoms. The second-order valence-electron chi connectivity index (χ2n) is 3.26. The lowest BCUT2D eigenvalue weighted by Crippen LogP contribution is -2.09. The largest absolute Gasteiger partial charge is 0.481 e. The van der Waals surface area contributed by atoms with Crippen LogP contribution < -0.4 is 5.32 Å². The highest BCUT2D eigenvalue weighted by Crippen LogP contribution is 1.92. The number of hydrogen-bond donors (Lipinski definition) is 2. The van der Waals surface area contributed by atoms with Crippen molar-refractivity contribution in [2.75, 3.05) is 13.6 Å². The molecule has 0 radical (unpaired) electrons. The second kappa shape index (κ2) is 14.6. The van der Waals surface area contributed by atoms with E-state index in [4.69, 9.17) is 5.11 Å². The molecule has 3 heteroatoms. The summed E-state index contributed by atoms with van der Waals surface area (Å²) in [5.41, 5.74) is 1.32. The highest BCUT2D eigenvalue weighted by atomic mass is 16.4. The molecule has 1 rings (SSSR count). The zero-order chi connectivity index (χ0) is 13.5. The third kappa shape index (κ3) is 17.3. The number of carboxylic acid groups (broad SMARTS) is 1. The van der Waals surface area contributed by atoms with E-state index in [1.165, 1.54) is 5.56 Å². The minimum atomic E-state index is -0.722. The van der Waals surface area contributed by atoms with Crippen molar-refractivity contribution in [3.63, 3.8) is 0 Å². The fourth-order valence-corrected chi connectivity index (χ4v) is 0.951. The number of hydrogen-bond acceptors (Lipinski definition) is 2. The van der Waals surface area contributed by atoms with Crippen molar-refractivity contribution in [1.82, 2.24) is 5.32 Å². The normalized spacial score (nSPS) is 8.24. The van der Waals surface area contributed by atoms with Gasteiger partial charge in [-0.15, -0.1) is 0 Å². The van der Waals surface area contributed by atoms with E-state index in [9.17, 15) is 4.79 Å². The van der Waals surface area contributed by atoms with Crippen LogP contribution in [0.4, 0.5) is 0 Å². The average Bonchev–Trinajstić information content (AvgIpc) is 2.33. The summed E-state index contributed by atoms with van der Waals surface area (Å²) in [5, 5.41) is 11.0. The first kappa shape index (κ1) is 18.0. The molecule has 0 heterocycles. The van der Waals surface area contributed by atoms with Gasteiger partial charge in [0, 0.05) is 6.42 Å². The van der Waals surface area contributed by atoms with Crippen LogP contribution in [0.15, 0.2) is 30.3 Å². The molecule has 3 nitrogen and oxygen atoms in total. The van der Waals surface area contributed by atoms with Gasteiger partial charge in [0.25, 0.3) is 0 Å². The summed E-state index contributed by atoms with van der Waals surface area (Å²) in [6.07, 6.45) is 0.979. The number of aryl methyl sites for hydroxylation is 1. The molecule has 0 unspecified atom stereocenters. The molecule has 0 aliphatic carbocycles. The van der Waals surface area contributed by atoms with Gasteiger partial charge in [-0.3, -0.25) is 4.79 Å². The number of benzene rings is 1. The second-order valence-corrected chi connectivity index (χ2v) is 3.26. The fraction of sp³-hybridized carbons (Fsp3) is 0.500. The van der Waals surface area contributed by atoms with Crippen molar-refractivity contribution >= 4 is 5.97 Å². The van der Waals surface area contributed by atoms with Crippen LogP contribution in [0.1, 0.15) is 32.3 Å². The molecule has 0 fully saturated rings. The minimum absolute atomic E-state index is 0.265. The summed E-state index contributed by atoms with van der Waals surface area (Å²) in [4.78, 5) is 9.85. The zero-order valence-corrected chi connectivity index (χ0v) is 11.4. The van der Waals surface area contributed by atoms with Gasteiger partial charge in [-0.2, -0.15) is 0 Å². The highest BCUT2D eigenvalue weighted by Gasteiger charge is 1.92. The summed E-state index contributed by atoms with van der Waals surface area (Å²) in [7, 11) is 1.81. The molecule has 0 aliphatic heterocycles. The molecule has 2 N–H and O–H groups in total. The Morgan fingerprint density at radius 3 is 2.06 bits per heavy atom. The summed E-state index contributed by atoms with van der Waals surface area (Å²) < 4.78 is 0. The third-order valence-electron chi connectivity index (χ3n) is 1.76. The van der Waals surface area contributed by atoms with Gasteiger partial charge in [-0.25, -0.2) is 0 Å². The molecule has 0 aromatic heterocycles. The standard InChI is InChI=1S/C7H8.C5H11NO2.C2H6/c1-7-5-3-2-4-6-7;1-6-4-2-3-5(7)8;1-2/h2-6H,1H3;6H,2-4H2,1H3,(H,7,8);1-2H3. The Balaban J connectivity index is 0. The average molecular weight is 239 g/mol. The van der Waals surface area contributed by atoms with Crippen molar-refractivity contribution in [3.05, 3.63) is 35.9 Å². The Bertz CT molecular complexity index is 260. The smallest absolute Gasteiger partial charge is 0.303 e. The number of carbonyl (C=O) groups is 1. The van der Waals surface area contributed by atoms with Gasteiger partial charge in [-0.05, 0) is 26.9 Å². The van der Waals surface area contributed by atoms with Crippen molar-refractivity contribution in [1.29, 1.82) is 0 Å². The van der Waals surface area contributed by atoms with Crippen molar-refractivity contribution in [3.8, 4) is 0 Å². The van der Waals surface area contributed by atoms with E-state index in [0.29, 0.717) is 6.42 Å². The summed E-state index contributed by atoms with van der Waals surface area (Å²) in [5.74, 6) is -0.722. The molecule has 0 atom stereocenters. The van der Waals surface area contributed by atoms with E-state index < -0.39 is 5.97 Å². The van der Waals surface area contributed by atoms with E-state index in [2.05, 4.69) is 24.4 Å². The molecule has 98 valence electrons. The van der Waals surface area contributed by atoms with Crippen LogP contribution in [-0.2, 0) is 4.79 Å². The van der Waals surface area contributed by atoms with Crippen LogP contribution in [-0.4, -0.2) is 24.7 Å². The first-order valence-electron chi connectivity index (χ1n) is 6.05. The monoisotopic (exact) mass is 239 g/mol. The Morgan fingerprint density at radius 2 is 1.76 bits per heavy atom. The van der Waals surface area contributed by atoms with Crippen LogP contribution >= 0.6 is 0 Å². The molecule has 0 saturated heterocycles. The Hall–Kier alpha value is -1.35. The van der Waals surface area contributed by atoms with Crippen LogP contribution in [0.25, 0.3) is 0 Å². The molecule has 1 aromatic carbocycles. The molecule has 1 aromatic rings. The zero-order valence-electron chi connectivity index (χ0n) is 11.4. The van der Waals surface area contributed by atoms with Crippen LogP contribution in [0.5, 0.6) is 0 Å². The molecular weight excluding hydrogens is 214 g/mol. The van der Waals surface area contributed by atoms with Gasteiger partial charge in [0.05, 0.1) is 0 Å². The molecular formula is C14H25NO2. The molecule has 0 saturated carbocycles. The van der Waals surface area contributed by atoms with Gasteiger partial charge in [0.1, 0.15) is 0 Å². The van der Waals surface area contributed by atoms with E-state index in [1.54, 1.807) is 0 Å². The Kier molecular flexibility index (Phi) is 15.5. The number of nitrogens with one attached hydrogen (secondary N) is 1. The lowest BCUT2D eigenvalue weighted by atomic mass is 10.2. The summed E-state index contributed by atoms with van der Waals surface area (Å²) >= 11 is 0. The fourth-order valence-electron chi connectivity index (χ4n) is 0.951. The van der Waals surface area contributed by atoms with Crippen LogP contribution in [0.3, 0.4) is 0 Å². The van der Waals surface area contributed by atoms with Crippen LogP contribution in [0.2, 0.25) is 0 Å². The Morgan fingerprint density at radius 1 is 1.24 bits per heavy atom. The van der Waals surface area contributed by atoms with Gasteiger partial charge in [0.2, 0.25) is 0 Å². The quantitative estimate of drug-likeness (QED) is 0.794. The van der Waals surface area contributed by atoms with E-state index >= 15 is 0 Å². The lowest BCUT2D eigenvalue weighted by molar-refractivity contribution is -0.137. The van der Waals surface area contributed by atoms with E-state index in [0.717, 1.165) is 6.54 Å². The minimum Gasteiger partial charge on any atom is -0.481 e. The van der Waals surface area contributed by atoms with Crippen molar-refractivity contribution in [2.24, 2.45) is 0 Å². The highest BCUT2D eigenvalue weighted by molar-refractivity contribution is 5.66. The first-order chi connectivity index (χ1) is 8.16. The predicted octanol–water partition coefficient (Wildman–Crippen LogP) is 3.09. The topological polar surface area (TPSA) is 49.3 Å². The lowest BCUT2D eigenvalue weighted by Gasteiger charge is -1.92. The number of carboxylic acids is 1. The van der Waals surface area contributed by atoms with E-state index in [-0.39, 0.29) is 6.42 Å². The maximum Gasteiger partial charge on any atom is 0.303 e. The maximum absolute atomic E-state index is 9.85. The molecule has 0 aliphatic rings. The molecule has 0 amide bonds. The number of rotatable bonds is 4. The summed E-state index contributed by atoms with van der Waals surface area (Å²) in [6.45, 7) is 6.87. The van der Waals surface area contributed by atoms with Gasteiger partial charge < -0.3 is 10.4 Å². The number of aliphatic carboxylic acids is 1.